The lowest BCUT2D eigenvalue weighted by atomic mass is 10.2. The highest BCUT2D eigenvalue weighted by molar-refractivity contribution is 7.99. The minimum absolute atomic E-state index is 0.303. The van der Waals surface area contributed by atoms with Crippen LogP contribution in [-0.2, 0) is 9.47 Å². The van der Waals surface area contributed by atoms with Crippen molar-refractivity contribution in [3.63, 3.8) is 0 Å². The predicted molar refractivity (Wildman–Crippen MR) is 117 cm³/mol. The van der Waals surface area contributed by atoms with Crippen LogP contribution in [0.2, 0.25) is 0 Å². The van der Waals surface area contributed by atoms with Crippen molar-refractivity contribution in [1.29, 1.82) is 0 Å². The molecule has 1 heterocycles. The quantitative estimate of drug-likeness (QED) is 0.239. The average molecular weight is 410 g/mol. The standard InChI is InChI=1S/C21H35N3O3S/c1-17(16-28-20-10-5-4-9-19(20)25-3)14-24-21(22-2)23-11-7-12-26-15-18-8-6-13-27-18/h4-5,9-10,17-18H,6-8,11-16H2,1-3H3,(H2,22,23,24). The number of benzene rings is 1. The molecule has 0 spiro atoms. The highest BCUT2D eigenvalue weighted by atomic mass is 32.2. The number of guanidine groups is 1. The van der Waals surface area contributed by atoms with E-state index >= 15 is 0 Å². The molecular weight excluding hydrogens is 374 g/mol. The van der Waals surface area contributed by atoms with Gasteiger partial charge in [-0.2, -0.15) is 0 Å². The highest BCUT2D eigenvalue weighted by Gasteiger charge is 2.15. The smallest absolute Gasteiger partial charge is 0.190 e. The Morgan fingerprint density at radius 1 is 1.36 bits per heavy atom. The molecule has 0 saturated carbocycles. The Hall–Kier alpha value is -1.44. The van der Waals surface area contributed by atoms with E-state index in [1.165, 1.54) is 4.90 Å². The molecular formula is C21H35N3O3S. The van der Waals surface area contributed by atoms with E-state index in [0.717, 1.165) is 63.0 Å². The minimum Gasteiger partial charge on any atom is -0.496 e. The third-order valence-corrected chi connectivity index (χ3v) is 5.90. The number of hydrogen-bond donors (Lipinski definition) is 2. The van der Waals surface area contributed by atoms with Crippen molar-refractivity contribution in [2.75, 3.05) is 52.8 Å². The molecule has 2 rings (SSSR count). The Bertz CT molecular complexity index is 580. The number of thioether (sulfide) groups is 1. The van der Waals surface area contributed by atoms with Gasteiger partial charge in [-0.15, -0.1) is 11.8 Å². The zero-order valence-corrected chi connectivity index (χ0v) is 18.2. The summed E-state index contributed by atoms with van der Waals surface area (Å²) < 4.78 is 16.6. The van der Waals surface area contributed by atoms with Crippen molar-refractivity contribution in [2.24, 2.45) is 10.9 Å². The van der Waals surface area contributed by atoms with Gasteiger partial charge in [-0.1, -0.05) is 19.1 Å². The third kappa shape index (κ3) is 8.71. The second kappa shape index (κ2) is 13.7. The first-order chi connectivity index (χ1) is 13.7. The summed E-state index contributed by atoms with van der Waals surface area (Å²) in [5.74, 6) is 3.30. The first-order valence-corrected chi connectivity index (χ1v) is 11.1. The largest absolute Gasteiger partial charge is 0.496 e. The van der Waals surface area contributed by atoms with E-state index in [-0.39, 0.29) is 0 Å². The fourth-order valence-electron chi connectivity index (χ4n) is 2.89. The van der Waals surface area contributed by atoms with Crippen LogP contribution in [0.5, 0.6) is 5.75 Å². The zero-order chi connectivity index (χ0) is 20.0. The van der Waals surface area contributed by atoms with Gasteiger partial charge >= 0.3 is 0 Å². The van der Waals surface area contributed by atoms with Crippen LogP contribution in [0.3, 0.4) is 0 Å². The molecule has 0 bridgehead atoms. The summed E-state index contributed by atoms with van der Waals surface area (Å²) in [6, 6.07) is 8.15. The topological polar surface area (TPSA) is 64.1 Å². The van der Waals surface area contributed by atoms with E-state index in [1.807, 2.05) is 30.0 Å². The lowest BCUT2D eigenvalue weighted by Crippen LogP contribution is -2.40. The van der Waals surface area contributed by atoms with Crippen molar-refractivity contribution in [2.45, 2.75) is 37.2 Å². The molecule has 1 aliphatic rings. The van der Waals surface area contributed by atoms with Gasteiger partial charge in [0.25, 0.3) is 0 Å². The summed E-state index contributed by atoms with van der Waals surface area (Å²) in [5.41, 5.74) is 0. The molecule has 0 amide bonds. The molecule has 1 fully saturated rings. The summed E-state index contributed by atoms with van der Waals surface area (Å²) in [5, 5.41) is 6.75. The zero-order valence-electron chi connectivity index (χ0n) is 17.4. The van der Waals surface area contributed by atoms with Crippen molar-refractivity contribution in [3.8, 4) is 5.75 Å². The average Bonchev–Trinajstić information content (AvgIpc) is 3.24. The van der Waals surface area contributed by atoms with Crippen LogP contribution in [-0.4, -0.2) is 64.9 Å². The fourth-order valence-corrected chi connectivity index (χ4v) is 3.94. The van der Waals surface area contributed by atoms with Gasteiger partial charge in [0.1, 0.15) is 5.75 Å². The molecule has 28 heavy (non-hydrogen) atoms. The van der Waals surface area contributed by atoms with E-state index in [0.29, 0.717) is 18.6 Å². The summed E-state index contributed by atoms with van der Waals surface area (Å²) in [6.07, 6.45) is 3.54. The minimum atomic E-state index is 0.303. The predicted octanol–water partition coefficient (Wildman–Crippen LogP) is 3.17. The van der Waals surface area contributed by atoms with Gasteiger partial charge in [0.05, 0.1) is 19.8 Å². The number of hydrogen-bond acceptors (Lipinski definition) is 5. The molecule has 158 valence electrons. The van der Waals surface area contributed by atoms with Crippen molar-refractivity contribution < 1.29 is 14.2 Å². The molecule has 2 atom stereocenters. The number of para-hydroxylation sites is 1. The second-order valence-electron chi connectivity index (χ2n) is 7.01. The number of methoxy groups -OCH3 is 1. The molecule has 1 aromatic carbocycles. The molecule has 7 heteroatoms. The van der Waals surface area contributed by atoms with Gasteiger partial charge in [0.15, 0.2) is 5.96 Å². The molecule has 0 radical (unpaired) electrons. The van der Waals surface area contributed by atoms with Crippen LogP contribution in [0, 0.1) is 5.92 Å². The molecule has 2 N–H and O–H groups in total. The SMILES string of the molecule is CN=C(NCCCOCC1CCCO1)NCC(C)CSc1ccccc1OC. The molecule has 0 aliphatic carbocycles. The van der Waals surface area contributed by atoms with Crippen molar-refractivity contribution in [1.82, 2.24) is 10.6 Å². The van der Waals surface area contributed by atoms with Crippen LogP contribution >= 0.6 is 11.8 Å². The lowest BCUT2D eigenvalue weighted by molar-refractivity contribution is 0.0168. The molecule has 1 aliphatic heterocycles. The molecule has 6 nitrogen and oxygen atoms in total. The Kier molecular flexibility index (Phi) is 11.2. The van der Waals surface area contributed by atoms with E-state index in [2.05, 4.69) is 28.6 Å². The van der Waals surface area contributed by atoms with Gasteiger partial charge in [-0.25, -0.2) is 0 Å². The van der Waals surface area contributed by atoms with Crippen LogP contribution in [0.25, 0.3) is 0 Å². The third-order valence-electron chi connectivity index (χ3n) is 4.52. The maximum absolute atomic E-state index is 5.69. The van der Waals surface area contributed by atoms with Crippen molar-refractivity contribution in [3.05, 3.63) is 24.3 Å². The number of nitrogens with one attached hydrogen (secondary N) is 2. The van der Waals surface area contributed by atoms with Crippen LogP contribution in [0.4, 0.5) is 0 Å². The number of ether oxygens (including phenoxy) is 3. The van der Waals surface area contributed by atoms with Gasteiger partial charge in [0, 0.05) is 44.0 Å². The maximum atomic E-state index is 5.69. The summed E-state index contributed by atoms with van der Waals surface area (Å²) >= 11 is 1.82. The van der Waals surface area contributed by atoms with Gasteiger partial charge in [0.2, 0.25) is 0 Å². The van der Waals surface area contributed by atoms with E-state index in [9.17, 15) is 0 Å². The van der Waals surface area contributed by atoms with E-state index < -0.39 is 0 Å². The van der Waals surface area contributed by atoms with Crippen LogP contribution < -0.4 is 15.4 Å². The summed E-state index contributed by atoms with van der Waals surface area (Å²) in [6.45, 7) is 6.30. The Morgan fingerprint density at radius 2 is 2.21 bits per heavy atom. The number of aliphatic imine (C=N–C) groups is 1. The van der Waals surface area contributed by atoms with Crippen LogP contribution in [0.15, 0.2) is 34.2 Å². The summed E-state index contributed by atoms with van der Waals surface area (Å²) in [7, 11) is 3.52. The Labute approximate surface area is 173 Å². The van der Waals surface area contributed by atoms with Gasteiger partial charge in [-0.3, -0.25) is 4.99 Å². The first-order valence-electron chi connectivity index (χ1n) is 10.1. The monoisotopic (exact) mass is 409 g/mol. The highest BCUT2D eigenvalue weighted by Crippen LogP contribution is 2.29. The normalized spacial score (nSPS) is 18.1. The Morgan fingerprint density at radius 3 is 2.96 bits per heavy atom. The van der Waals surface area contributed by atoms with E-state index in [1.54, 1.807) is 14.2 Å². The fraction of sp³-hybridized carbons (Fsp3) is 0.667. The van der Waals surface area contributed by atoms with E-state index in [4.69, 9.17) is 14.2 Å². The van der Waals surface area contributed by atoms with Crippen molar-refractivity contribution >= 4 is 17.7 Å². The number of nitrogens with zero attached hydrogens (tertiary/aromatic N) is 1. The molecule has 2 unspecified atom stereocenters. The lowest BCUT2D eigenvalue weighted by Gasteiger charge is -2.16. The Balaban J connectivity index is 1.54. The van der Waals surface area contributed by atoms with Crippen LogP contribution in [0.1, 0.15) is 26.2 Å². The molecule has 1 saturated heterocycles. The molecule has 1 aromatic rings. The molecule has 0 aromatic heterocycles. The summed E-state index contributed by atoms with van der Waals surface area (Å²) in [4.78, 5) is 5.48. The first kappa shape index (κ1) is 22.8. The van der Waals surface area contributed by atoms with Gasteiger partial charge in [-0.05, 0) is 37.3 Å². The second-order valence-corrected chi connectivity index (χ2v) is 8.07. The van der Waals surface area contributed by atoms with Gasteiger partial charge < -0.3 is 24.8 Å². The maximum Gasteiger partial charge on any atom is 0.190 e. The number of rotatable bonds is 12.